The van der Waals surface area contributed by atoms with Crippen LogP contribution in [0.4, 0.5) is 22.3 Å². The van der Waals surface area contributed by atoms with Crippen LogP contribution in [0.25, 0.3) is 0 Å². The predicted molar refractivity (Wildman–Crippen MR) is 133 cm³/mol. The van der Waals surface area contributed by atoms with Crippen LogP contribution in [0.15, 0.2) is 10.2 Å². The fourth-order valence-electron chi connectivity index (χ4n) is 3.13. The summed E-state index contributed by atoms with van der Waals surface area (Å²) >= 11 is 1.02. The third kappa shape index (κ3) is 6.96. The molecular formula is C23H29N7O4S. The molecule has 35 heavy (non-hydrogen) atoms. The van der Waals surface area contributed by atoms with Crippen molar-refractivity contribution in [2.75, 3.05) is 58.3 Å². The molecule has 2 N–H and O–H groups in total. The normalized spacial score (nSPS) is 10.7. The molecule has 0 saturated carbocycles. The van der Waals surface area contributed by atoms with E-state index in [1.807, 2.05) is 0 Å². The monoisotopic (exact) mass is 499 g/mol. The molecule has 0 bridgehead atoms. The molecule has 0 fully saturated rings. The standard InChI is InChI=1S/C23H29N7O4S/c1-14-16(12-24)20(26-8-6-10-32-3)28-21(27-9-7-11-33-4)18(14)29-30-22-17(13-25)15(2)19(35-22)23(31)34-5/h6-11H2,1-5H3,(H2,26,27,28)/b30-29+. The molecule has 0 amide bonds. The summed E-state index contributed by atoms with van der Waals surface area (Å²) in [6.45, 7) is 5.71. The number of pyridine rings is 1. The van der Waals surface area contributed by atoms with Crippen LogP contribution in [0.1, 0.15) is 44.8 Å². The summed E-state index contributed by atoms with van der Waals surface area (Å²) in [5.41, 5.74) is 2.03. The number of azo groups is 1. The van der Waals surface area contributed by atoms with E-state index >= 15 is 0 Å². The van der Waals surface area contributed by atoms with Crippen LogP contribution in [0.5, 0.6) is 0 Å². The fourth-order valence-corrected chi connectivity index (χ4v) is 4.13. The second-order valence-electron chi connectivity index (χ2n) is 7.36. The zero-order valence-corrected chi connectivity index (χ0v) is 21.3. The van der Waals surface area contributed by atoms with Gasteiger partial charge in [0.15, 0.2) is 10.8 Å². The Morgan fingerprint density at radius 2 is 1.54 bits per heavy atom. The maximum absolute atomic E-state index is 12.0. The number of esters is 1. The van der Waals surface area contributed by atoms with Gasteiger partial charge in [-0.25, -0.2) is 9.78 Å². The molecule has 11 nitrogen and oxygen atoms in total. The quantitative estimate of drug-likeness (QED) is 0.228. The van der Waals surface area contributed by atoms with Gasteiger partial charge in [-0.2, -0.15) is 10.5 Å². The van der Waals surface area contributed by atoms with Gasteiger partial charge in [-0.3, -0.25) is 0 Å². The lowest BCUT2D eigenvalue weighted by atomic mass is 10.1. The van der Waals surface area contributed by atoms with Crippen molar-refractivity contribution in [3.8, 4) is 12.1 Å². The summed E-state index contributed by atoms with van der Waals surface area (Å²) < 4.78 is 15.0. The molecule has 2 rings (SSSR count). The number of rotatable bonds is 13. The van der Waals surface area contributed by atoms with Crippen molar-refractivity contribution in [3.63, 3.8) is 0 Å². The van der Waals surface area contributed by atoms with Crippen molar-refractivity contribution >= 4 is 39.6 Å². The van der Waals surface area contributed by atoms with Crippen LogP contribution in [-0.4, -0.2) is 58.6 Å². The molecule has 0 saturated heterocycles. The van der Waals surface area contributed by atoms with Gasteiger partial charge in [0.1, 0.15) is 28.5 Å². The lowest BCUT2D eigenvalue weighted by Gasteiger charge is -2.15. The highest BCUT2D eigenvalue weighted by Crippen LogP contribution is 2.39. The van der Waals surface area contributed by atoms with Crippen LogP contribution in [-0.2, 0) is 14.2 Å². The molecule has 0 spiro atoms. The number of carbonyl (C=O) groups excluding carboxylic acids is 1. The highest BCUT2D eigenvalue weighted by molar-refractivity contribution is 7.18. The number of carbonyl (C=O) groups is 1. The molecule has 0 aliphatic rings. The molecule has 0 aliphatic heterocycles. The predicted octanol–water partition coefficient (Wildman–Crippen LogP) is 4.60. The Balaban J connectivity index is 2.51. The van der Waals surface area contributed by atoms with Crippen molar-refractivity contribution in [3.05, 3.63) is 27.1 Å². The Morgan fingerprint density at radius 3 is 2.09 bits per heavy atom. The third-order valence-electron chi connectivity index (χ3n) is 5.01. The van der Waals surface area contributed by atoms with Crippen molar-refractivity contribution in [2.45, 2.75) is 26.7 Å². The van der Waals surface area contributed by atoms with Crippen LogP contribution in [0.2, 0.25) is 0 Å². The summed E-state index contributed by atoms with van der Waals surface area (Å²) in [6, 6.07) is 4.26. The number of ether oxygens (including phenoxy) is 3. The maximum Gasteiger partial charge on any atom is 0.348 e. The average Bonchev–Trinajstić information content (AvgIpc) is 3.18. The van der Waals surface area contributed by atoms with E-state index in [0.717, 1.165) is 24.2 Å². The molecule has 0 aromatic carbocycles. The van der Waals surface area contributed by atoms with Gasteiger partial charge in [0, 0.05) is 46.1 Å². The summed E-state index contributed by atoms with van der Waals surface area (Å²) in [6.07, 6.45) is 1.48. The van der Waals surface area contributed by atoms with Gasteiger partial charge in [0.05, 0.1) is 18.2 Å². The Hall–Kier alpha value is -3.58. The van der Waals surface area contributed by atoms with Gasteiger partial charge in [-0.1, -0.05) is 0 Å². The zero-order valence-electron chi connectivity index (χ0n) is 20.5. The van der Waals surface area contributed by atoms with E-state index in [1.165, 1.54) is 7.11 Å². The van der Waals surface area contributed by atoms with Crippen LogP contribution >= 0.6 is 11.3 Å². The second-order valence-corrected chi connectivity index (χ2v) is 8.35. The Bertz CT molecular complexity index is 1150. The molecular weight excluding hydrogens is 470 g/mol. The van der Waals surface area contributed by atoms with Gasteiger partial charge >= 0.3 is 5.97 Å². The number of methoxy groups -OCH3 is 3. The first-order valence-corrected chi connectivity index (χ1v) is 11.7. The third-order valence-corrected chi connectivity index (χ3v) is 6.17. The number of hydrogen-bond donors (Lipinski definition) is 2. The number of aromatic nitrogens is 1. The van der Waals surface area contributed by atoms with E-state index in [9.17, 15) is 15.3 Å². The molecule has 2 aromatic rings. The Morgan fingerprint density at radius 1 is 0.943 bits per heavy atom. The molecule has 0 aliphatic carbocycles. The van der Waals surface area contributed by atoms with Gasteiger partial charge in [-0.15, -0.1) is 21.6 Å². The minimum absolute atomic E-state index is 0.247. The zero-order chi connectivity index (χ0) is 25.8. The maximum atomic E-state index is 12.0. The van der Waals surface area contributed by atoms with E-state index in [1.54, 1.807) is 28.1 Å². The molecule has 2 aromatic heterocycles. The van der Waals surface area contributed by atoms with Gasteiger partial charge in [0.2, 0.25) is 0 Å². The molecule has 2 heterocycles. The topological polar surface area (TPSA) is 154 Å². The lowest BCUT2D eigenvalue weighted by molar-refractivity contribution is 0.0605. The van der Waals surface area contributed by atoms with Crippen molar-refractivity contribution in [2.24, 2.45) is 10.2 Å². The van der Waals surface area contributed by atoms with Crippen LogP contribution < -0.4 is 10.6 Å². The first-order valence-electron chi connectivity index (χ1n) is 10.9. The van der Waals surface area contributed by atoms with Gasteiger partial charge in [0.25, 0.3) is 0 Å². The van der Waals surface area contributed by atoms with Crippen molar-refractivity contribution < 1.29 is 19.0 Å². The number of hydrogen-bond acceptors (Lipinski definition) is 12. The first kappa shape index (κ1) is 27.7. The van der Waals surface area contributed by atoms with Crippen LogP contribution in [0.3, 0.4) is 0 Å². The summed E-state index contributed by atoms with van der Waals surface area (Å²) in [7, 11) is 4.54. The second kappa shape index (κ2) is 14.0. The minimum Gasteiger partial charge on any atom is -0.465 e. The number of nitriles is 2. The van der Waals surface area contributed by atoms with Crippen molar-refractivity contribution in [1.29, 1.82) is 10.5 Å². The lowest BCUT2D eigenvalue weighted by Crippen LogP contribution is -2.12. The summed E-state index contributed by atoms with van der Waals surface area (Å²) in [5, 5.41) is 34.7. The number of thiophene rings is 1. The fraction of sp³-hybridized carbons (Fsp3) is 0.478. The summed E-state index contributed by atoms with van der Waals surface area (Å²) in [5.74, 6) is 0.335. The highest BCUT2D eigenvalue weighted by Gasteiger charge is 2.22. The number of nitrogens with zero attached hydrogens (tertiary/aromatic N) is 5. The molecule has 0 unspecified atom stereocenters. The highest BCUT2D eigenvalue weighted by atomic mass is 32.1. The molecule has 12 heteroatoms. The smallest absolute Gasteiger partial charge is 0.348 e. The van der Waals surface area contributed by atoms with Crippen LogP contribution in [0, 0.1) is 36.5 Å². The average molecular weight is 500 g/mol. The minimum atomic E-state index is -0.542. The van der Waals surface area contributed by atoms with E-state index in [-0.39, 0.29) is 10.6 Å². The van der Waals surface area contributed by atoms with E-state index in [4.69, 9.17) is 14.2 Å². The molecule has 0 radical (unpaired) electrons. The Kier molecular flexibility index (Phi) is 11.0. The largest absolute Gasteiger partial charge is 0.465 e. The van der Waals surface area contributed by atoms with Gasteiger partial charge in [-0.05, 0) is 32.3 Å². The molecule has 0 atom stereocenters. The van der Waals surface area contributed by atoms with Gasteiger partial charge < -0.3 is 24.8 Å². The SMILES string of the molecule is COCCCNc1nc(NCCCOC)c(/N=N/c2sc(C(=O)OC)c(C)c2C#N)c(C)c1C#N. The first-order chi connectivity index (χ1) is 16.9. The van der Waals surface area contributed by atoms with Crippen molar-refractivity contribution in [1.82, 2.24) is 4.98 Å². The van der Waals surface area contributed by atoms with E-state index in [0.29, 0.717) is 65.2 Å². The van der Waals surface area contributed by atoms with E-state index in [2.05, 4.69) is 38.0 Å². The summed E-state index contributed by atoms with van der Waals surface area (Å²) in [4.78, 5) is 16.9. The Labute approximate surface area is 208 Å². The van der Waals surface area contributed by atoms with E-state index < -0.39 is 5.97 Å². The number of nitrogens with one attached hydrogen (secondary N) is 2. The molecule has 186 valence electrons. The number of anilines is 2.